The molecule has 1 aromatic heterocycles. The average Bonchev–Trinajstić information content (AvgIpc) is 3.36. The Bertz CT molecular complexity index is 1260. The zero-order valence-electron chi connectivity index (χ0n) is 17.2. The molecule has 0 bridgehead atoms. The lowest BCUT2D eigenvalue weighted by atomic mass is 10.1. The van der Waals surface area contributed by atoms with Gasteiger partial charge in [0.25, 0.3) is 11.8 Å². The van der Waals surface area contributed by atoms with Crippen molar-refractivity contribution in [3.8, 4) is 0 Å². The first kappa shape index (κ1) is 22.8. The first-order valence-corrected chi connectivity index (χ1v) is 12.0. The van der Waals surface area contributed by atoms with Crippen molar-refractivity contribution >= 4 is 56.6 Å². The van der Waals surface area contributed by atoms with E-state index in [0.29, 0.717) is 20.6 Å². The van der Waals surface area contributed by atoms with Crippen LogP contribution in [0.1, 0.15) is 15.9 Å². The molecular weight excluding hydrogens is 474 g/mol. The Kier molecular flexibility index (Phi) is 7.57. The number of carbonyl (C=O) groups excluding carboxylic acids is 2. The van der Waals surface area contributed by atoms with Gasteiger partial charge in [-0.15, -0.1) is 11.3 Å². The molecule has 0 aliphatic carbocycles. The Hall–Kier alpha value is -3.39. The summed E-state index contributed by atoms with van der Waals surface area (Å²) in [6, 6.07) is 25.5. The van der Waals surface area contributed by atoms with E-state index in [1.807, 2.05) is 48.5 Å². The van der Waals surface area contributed by atoms with Gasteiger partial charge < -0.3 is 5.32 Å². The van der Waals surface area contributed by atoms with Crippen molar-refractivity contribution in [1.29, 1.82) is 0 Å². The lowest BCUT2D eigenvalue weighted by Gasteiger charge is -2.16. The molecule has 0 aliphatic rings. The summed E-state index contributed by atoms with van der Waals surface area (Å²) >= 11 is 8.71. The summed E-state index contributed by atoms with van der Waals surface area (Å²) in [5.74, 6) is -0.848. The predicted octanol–water partition coefficient (Wildman–Crippen LogP) is 6.33. The summed E-state index contributed by atoms with van der Waals surface area (Å²) < 4.78 is 0. The van der Waals surface area contributed by atoms with Gasteiger partial charge in [0.05, 0.1) is 0 Å². The summed E-state index contributed by atoms with van der Waals surface area (Å²) in [4.78, 5) is 32.0. The van der Waals surface area contributed by atoms with Crippen LogP contribution in [0.15, 0.2) is 107 Å². The van der Waals surface area contributed by atoms with Gasteiger partial charge in [0.1, 0.15) is 5.70 Å². The smallest absolute Gasteiger partial charge is 0.275 e. The van der Waals surface area contributed by atoms with Crippen LogP contribution < -0.4 is 10.6 Å². The summed E-state index contributed by atoms with van der Waals surface area (Å²) in [5, 5.41) is 8.44. The third-order valence-electron chi connectivity index (χ3n) is 4.45. The fourth-order valence-corrected chi connectivity index (χ4v) is 4.56. The van der Waals surface area contributed by atoms with Crippen LogP contribution in [0, 0.1) is 0 Å². The Labute approximate surface area is 204 Å². The van der Waals surface area contributed by atoms with Gasteiger partial charge in [0.2, 0.25) is 0 Å². The average molecular weight is 492 g/mol. The normalized spacial score (nSPS) is 11.4. The standard InChI is InChI=1S/C25H18ClN3O2S2/c26-19-11-13-20(14-12-19)33-22(17-7-3-1-4-8-17)21(24(31)29-25-27-15-16-32-25)28-23(30)18-9-5-2-6-10-18/h1-16H,(H,28,30)(H,27,29,31). The molecule has 0 spiro atoms. The largest absolute Gasteiger partial charge is 0.316 e. The zero-order valence-corrected chi connectivity index (χ0v) is 19.6. The van der Waals surface area contributed by atoms with E-state index in [9.17, 15) is 9.59 Å². The summed E-state index contributed by atoms with van der Waals surface area (Å²) in [6.07, 6.45) is 1.60. The number of hydrogen-bond acceptors (Lipinski definition) is 5. The molecule has 0 atom stereocenters. The van der Waals surface area contributed by atoms with E-state index in [1.165, 1.54) is 23.1 Å². The van der Waals surface area contributed by atoms with Crippen LogP contribution in [0.3, 0.4) is 0 Å². The van der Waals surface area contributed by atoms with E-state index < -0.39 is 5.91 Å². The first-order chi connectivity index (χ1) is 16.1. The predicted molar refractivity (Wildman–Crippen MR) is 135 cm³/mol. The minimum absolute atomic E-state index is 0.130. The van der Waals surface area contributed by atoms with Crippen LogP contribution in [0.5, 0.6) is 0 Å². The van der Waals surface area contributed by atoms with Gasteiger partial charge in [-0.3, -0.25) is 14.9 Å². The van der Waals surface area contributed by atoms with Crippen LogP contribution in [0.25, 0.3) is 4.91 Å². The van der Waals surface area contributed by atoms with Gasteiger partial charge in [-0.25, -0.2) is 4.98 Å². The highest BCUT2D eigenvalue weighted by atomic mass is 35.5. The van der Waals surface area contributed by atoms with Gasteiger partial charge in [-0.2, -0.15) is 0 Å². The van der Waals surface area contributed by atoms with E-state index in [1.54, 1.807) is 48.0 Å². The Morgan fingerprint density at radius 1 is 0.848 bits per heavy atom. The topological polar surface area (TPSA) is 71.1 Å². The summed E-state index contributed by atoms with van der Waals surface area (Å²) in [6.45, 7) is 0. The van der Waals surface area contributed by atoms with Crippen molar-refractivity contribution in [3.05, 3.63) is 118 Å². The van der Waals surface area contributed by atoms with Gasteiger partial charge in [0.15, 0.2) is 5.13 Å². The Morgan fingerprint density at radius 3 is 2.09 bits per heavy atom. The monoisotopic (exact) mass is 491 g/mol. The van der Waals surface area contributed by atoms with E-state index >= 15 is 0 Å². The molecular formula is C25H18ClN3O2S2. The number of anilines is 1. The quantitative estimate of drug-likeness (QED) is 0.234. The summed E-state index contributed by atoms with van der Waals surface area (Å²) in [5.41, 5.74) is 1.36. The number of halogens is 1. The lowest BCUT2D eigenvalue weighted by molar-refractivity contribution is -0.113. The molecule has 0 radical (unpaired) electrons. The highest BCUT2D eigenvalue weighted by Gasteiger charge is 2.22. The maximum absolute atomic E-state index is 13.4. The lowest BCUT2D eigenvalue weighted by Crippen LogP contribution is -2.31. The number of hydrogen-bond donors (Lipinski definition) is 2. The van der Waals surface area contributed by atoms with E-state index in [0.717, 1.165) is 10.5 Å². The van der Waals surface area contributed by atoms with Gasteiger partial charge >= 0.3 is 0 Å². The van der Waals surface area contributed by atoms with Crippen LogP contribution in [-0.2, 0) is 4.79 Å². The van der Waals surface area contributed by atoms with Crippen LogP contribution >= 0.6 is 34.7 Å². The van der Waals surface area contributed by atoms with Crippen molar-refractivity contribution in [2.24, 2.45) is 0 Å². The molecule has 4 aromatic rings. The molecule has 164 valence electrons. The number of rotatable bonds is 7. The van der Waals surface area contributed by atoms with Crippen LogP contribution in [0.2, 0.25) is 5.02 Å². The highest BCUT2D eigenvalue weighted by molar-refractivity contribution is 8.08. The second kappa shape index (κ2) is 11.0. The molecule has 0 fully saturated rings. The van der Waals surface area contributed by atoms with Crippen molar-refractivity contribution in [2.75, 3.05) is 5.32 Å². The van der Waals surface area contributed by atoms with Crippen molar-refractivity contribution < 1.29 is 9.59 Å². The molecule has 2 amide bonds. The van der Waals surface area contributed by atoms with E-state index in [-0.39, 0.29) is 11.6 Å². The minimum Gasteiger partial charge on any atom is -0.316 e. The maximum atomic E-state index is 13.4. The molecule has 4 rings (SSSR count). The SMILES string of the molecule is O=C(Nc1nccs1)C(NC(=O)c1ccccc1)=C(Sc1ccc(Cl)cc1)c1ccccc1. The second-order valence-corrected chi connectivity index (χ2v) is 9.15. The molecule has 33 heavy (non-hydrogen) atoms. The van der Waals surface area contributed by atoms with Crippen molar-refractivity contribution in [1.82, 2.24) is 10.3 Å². The number of thioether (sulfide) groups is 1. The summed E-state index contributed by atoms with van der Waals surface area (Å²) in [7, 11) is 0. The fourth-order valence-electron chi connectivity index (χ4n) is 2.90. The van der Waals surface area contributed by atoms with E-state index in [4.69, 9.17) is 11.6 Å². The first-order valence-electron chi connectivity index (χ1n) is 9.90. The molecule has 3 aromatic carbocycles. The third kappa shape index (κ3) is 6.10. The van der Waals surface area contributed by atoms with Crippen molar-refractivity contribution in [2.45, 2.75) is 4.90 Å². The molecule has 5 nitrogen and oxygen atoms in total. The van der Waals surface area contributed by atoms with Gasteiger partial charge in [0, 0.05) is 32.0 Å². The second-order valence-electron chi connectivity index (χ2n) is 6.74. The highest BCUT2D eigenvalue weighted by Crippen LogP contribution is 2.37. The molecule has 0 aliphatic heterocycles. The minimum atomic E-state index is -0.463. The number of carbonyl (C=O) groups is 2. The molecule has 2 N–H and O–H groups in total. The molecule has 0 saturated carbocycles. The van der Waals surface area contributed by atoms with Crippen LogP contribution in [-0.4, -0.2) is 16.8 Å². The molecule has 0 unspecified atom stereocenters. The number of thiazole rings is 1. The van der Waals surface area contributed by atoms with Crippen LogP contribution in [0.4, 0.5) is 5.13 Å². The Morgan fingerprint density at radius 2 is 1.48 bits per heavy atom. The van der Waals surface area contributed by atoms with Gasteiger partial charge in [-0.05, 0) is 42.0 Å². The number of nitrogens with one attached hydrogen (secondary N) is 2. The fraction of sp³-hybridized carbons (Fsp3) is 0. The maximum Gasteiger partial charge on any atom is 0.275 e. The number of amides is 2. The molecule has 8 heteroatoms. The molecule has 1 heterocycles. The Balaban J connectivity index is 1.79. The van der Waals surface area contributed by atoms with E-state index in [2.05, 4.69) is 15.6 Å². The third-order valence-corrected chi connectivity index (χ3v) is 6.54. The number of nitrogens with zero attached hydrogens (tertiary/aromatic N) is 1. The van der Waals surface area contributed by atoms with Gasteiger partial charge in [-0.1, -0.05) is 71.9 Å². The number of aromatic nitrogens is 1. The zero-order chi connectivity index (χ0) is 23.0. The molecule has 0 saturated heterocycles. The van der Waals surface area contributed by atoms with Crippen molar-refractivity contribution in [3.63, 3.8) is 0 Å². The number of benzene rings is 3.